The molecule has 4 aromatic rings. The lowest BCUT2D eigenvalue weighted by atomic mass is 10.1. The van der Waals surface area contributed by atoms with Crippen molar-refractivity contribution in [1.82, 2.24) is 24.7 Å². The zero-order valence-electron chi connectivity index (χ0n) is 19.6. The third-order valence-corrected chi connectivity index (χ3v) is 5.20. The van der Waals surface area contributed by atoms with E-state index in [4.69, 9.17) is 4.74 Å². The Kier molecular flexibility index (Phi) is 6.50. The second-order valence-corrected chi connectivity index (χ2v) is 7.92. The van der Waals surface area contributed by atoms with Crippen molar-refractivity contribution in [2.24, 2.45) is 0 Å². The molecule has 3 aromatic heterocycles. The molecule has 13 heteroatoms. The van der Waals surface area contributed by atoms with Crippen LogP contribution in [0.3, 0.4) is 0 Å². The number of ether oxygens (including phenoxy) is 1. The highest BCUT2D eigenvalue weighted by atomic mass is 19.4. The predicted octanol–water partition coefficient (Wildman–Crippen LogP) is 4.68. The lowest BCUT2D eigenvalue weighted by Crippen LogP contribution is -2.11. The van der Waals surface area contributed by atoms with Gasteiger partial charge in [-0.05, 0) is 49.7 Å². The number of carboxylic acids is 1. The van der Waals surface area contributed by atoms with Crippen LogP contribution in [-0.2, 0) is 6.18 Å². The van der Waals surface area contributed by atoms with E-state index >= 15 is 0 Å². The molecule has 0 saturated heterocycles. The molecule has 0 aliphatic carbocycles. The van der Waals surface area contributed by atoms with Gasteiger partial charge in [-0.2, -0.15) is 28.5 Å². The topological polar surface area (TPSA) is 139 Å². The smallest absolute Gasteiger partial charge is 0.435 e. The molecule has 0 fully saturated rings. The van der Waals surface area contributed by atoms with E-state index < -0.39 is 17.8 Å². The van der Waals surface area contributed by atoms with Gasteiger partial charge in [0.2, 0.25) is 11.8 Å². The molecule has 2 N–H and O–H groups in total. The number of nitrogens with one attached hydrogen (secondary N) is 1. The first-order chi connectivity index (χ1) is 17.5. The number of anilines is 2. The van der Waals surface area contributed by atoms with E-state index in [-0.39, 0.29) is 40.0 Å². The van der Waals surface area contributed by atoms with Gasteiger partial charge in [-0.15, -0.1) is 0 Å². The van der Waals surface area contributed by atoms with E-state index in [9.17, 15) is 28.3 Å². The molecule has 3 heterocycles. The molecule has 188 valence electrons. The zero-order chi connectivity index (χ0) is 26.9. The van der Waals surface area contributed by atoms with E-state index in [1.807, 2.05) is 6.07 Å². The Bertz CT molecular complexity index is 1560. The maximum absolute atomic E-state index is 13.4. The Morgan fingerprint density at radius 2 is 1.89 bits per heavy atom. The molecular weight excluding hydrogens is 491 g/mol. The number of methoxy groups -OCH3 is 1. The Hall–Kier alpha value is -4.99. The lowest BCUT2D eigenvalue weighted by molar-refractivity contribution is -0.141. The third kappa shape index (κ3) is 5.18. The van der Waals surface area contributed by atoms with Crippen LogP contribution in [0, 0.1) is 25.2 Å². The fourth-order valence-corrected chi connectivity index (χ4v) is 3.59. The Morgan fingerprint density at radius 3 is 2.51 bits per heavy atom. The number of nitrogens with zero attached hydrogens (tertiary/aromatic N) is 6. The van der Waals surface area contributed by atoms with Crippen molar-refractivity contribution < 1.29 is 27.8 Å². The zero-order valence-corrected chi connectivity index (χ0v) is 19.6. The summed E-state index contributed by atoms with van der Waals surface area (Å²) in [6, 6.07) is 9.16. The van der Waals surface area contributed by atoms with Crippen LogP contribution in [0.5, 0.6) is 5.88 Å². The average molecular weight is 509 g/mol. The van der Waals surface area contributed by atoms with Gasteiger partial charge in [0.15, 0.2) is 11.5 Å². The number of nitriles is 1. The van der Waals surface area contributed by atoms with Crippen molar-refractivity contribution in [3.8, 4) is 28.9 Å². The number of rotatable bonds is 6. The number of benzene rings is 1. The first kappa shape index (κ1) is 25.1. The highest BCUT2D eigenvalue weighted by Crippen LogP contribution is 2.33. The summed E-state index contributed by atoms with van der Waals surface area (Å²) in [4.78, 5) is 24.3. The van der Waals surface area contributed by atoms with Crippen molar-refractivity contribution in [2.75, 3.05) is 12.4 Å². The summed E-state index contributed by atoms with van der Waals surface area (Å²) in [6.45, 7) is 3.22. The molecule has 0 bridgehead atoms. The molecule has 0 saturated carbocycles. The van der Waals surface area contributed by atoms with E-state index in [0.29, 0.717) is 11.3 Å². The molecule has 10 nitrogen and oxygen atoms in total. The molecule has 0 atom stereocenters. The minimum Gasteiger partial charge on any atom is -0.480 e. The lowest BCUT2D eigenvalue weighted by Gasteiger charge is -2.14. The van der Waals surface area contributed by atoms with E-state index in [2.05, 4.69) is 25.4 Å². The monoisotopic (exact) mass is 509 g/mol. The van der Waals surface area contributed by atoms with Gasteiger partial charge >= 0.3 is 12.1 Å². The van der Waals surface area contributed by atoms with E-state index in [1.54, 1.807) is 25.1 Å². The summed E-state index contributed by atoms with van der Waals surface area (Å²) < 4.78 is 46.1. The number of pyridine rings is 1. The number of aryl methyl sites for hydroxylation is 2. The molecule has 0 amide bonds. The average Bonchev–Trinajstić information content (AvgIpc) is 3.25. The second-order valence-electron chi connectivity index (χ2n) is 7.92. The predicted molar refractivity (Wildman–Crippen MR) is 125 cm³/mol. The first-order valence-electron chi connectivity index (χ1n) is 10.6. The third-order valence-electron chi connectivity index (χ3n) is 5.20. The normalized spacial score (nSPS) is 11.2. The van der Waals surface area contributed by atoms with Crippen LogP contribution in [0.25, 0.3) is 16.9 Å². The number of aromatic nitrogens is 5. The molecule has 0 aliphatic rings. The van der Waals surface area contributed by atoms with Gasteiger partial charge in [-0.25, -0.2) is 19.4 Å². The molecule has 0 unspecified atom stereocenters. The summed E-state index contributed by atoms with van der Waals surface area (Å²) in [5.74, 6) is -1.49. The van der Waals surface area contributed by atoms with E-state index in [0.717, 1.165) is 16.3 Å². The van der Waals surface area contributed by atoms with Crippen molar-refractivity contribution in [3.63, 3.8) is 0 Å². The van der Waals surface area contributed by atoms with Gasteiger partial charge in [-0.3, -0.25) is 0 Å². The summed E-state index contributed by atoms with van der Waals surface area (Å²) in [6.07, 6.45) is -2.09. The number of hydrogen-bond acceptors (Lipinski definition) is 8. The summed E-state index contributed by atoms with van der Waals surface area (Å²) in [5.41, 5.74) is 0.800. The fourth-order valence-electron chi connectivity index (χ4n) is 3.59. The molecule has 4 rings (SSSR count). The van der Waals surface area contributed by atoms with Gasteiger partial charge < -0.3 is 15.2 Å². The van der Waals surface area contributed by atoms with Crippen LogP contribution >= 0.6 is 0 Å². The largest absolute Gasteiger partial charge is 0.480 e. The van der Waals surface area contributed by atoms with Crippen LogP contribution < -0.4 is 10.1 Å². The maximum Gasteiger partial charge on any atom is 0.435 e. The Labute approximate surface area is 208 Å². The molecular formula is C24H18F3N7O3. The maximum atomic E-state index is 13.4. The Morgan fingerprint density at radius 1 is 1.14 bits per heavy atom. The minimum atomic E-state index is -4.70. The summed E-state index contributed by atoms with van der Waals surface area (Å²) in [7, 11) is 1.26. The van der Waals surface area contributed by atoms with Crippen molar-refractivity contribution >= 4 is 17.6 Å². The van der Waals surface area contributed by atoms with Crippen LogP contribution in [0.1, 0.15) is 32.9 Å². The van der Waals surface area contributed by atoms with E-state index in [1.165, 1.54) is 32.5 Å². The second kappa shape index (κ2) is 9.57. The van der Waals surface area contributed by atoms with Crippen LogP contribution in [0.15, 0.2) is 42.7 Å². The van der Waals surface area contributed by atoms with Crippen molar-refractivity contribution in [1.29, 1.82) is 5.26 Å². The first-order valence-corrected chi connectivity index (χ1v) is 10.6. The highest BCUT2D eigenvalue weighted by Gasteiger charge is 2.35. The molecule has 0 radical (unpaired) electrons. The Balaban J connectivity index is 1.90. The number of hydrogen-bond donors (Lipinski definition) is 2. The quantitative estimate of drug-likeness (QED) is 0.379. The molecule has 37 heavy (non-hydrogen) atoms. The number of carboxylic acid groups (broad SMARTS) is 1. The fraction of sp³-hybridized carbons (Fsp3) is 0.167. The van der Waals surface area contributed by atoms with Gasteiger partial charge in [0.1, 0.15) is 5.56 Å². The number of halogens is 3. The van der Waals surface area contributed by atoms with Gasteiger partial charge in [0, 0.05) is 34.9 Å². The molecule has 0 aliphatic heterocycles. The van der Waals surface area contributed by atoms with Gasteiger partial charge in [0.25, 0.3) is 0 Å². The SMILES string of the molecule is COc1ncc(-c2cnc(Nc3cc(C)cc(C#N)c3)nc2-n2nc(C(F)(F)F)cc2C)cc1C(=O)O. The van der Waals surface area contributed by atoms with Crippen molar-refractivity contribution in [3.05, 3.63) is 70.8 Å². The summed E-state index contributed by atoms with van der Waals surface area (Å²) >= 11 is 0. The highest BCUT2D eigenvalue weighted by molar-refractivity contribution is 5.92. The van der Waals surface area contributed by atoms with Crippen LogP contribution in [-0.4, -0.2) is 42.9 Å². The van der Waals surface area contributed by atoms with Gasteiger partial charge in [-0.1, -0.05) is 0 Å². The van der Waals surface area contributed by atoms with Crippen molar-refractivity contribution in [2.45, 2.75) is 20.0 Å². The standard InChI is InChI=1S/C24H18F3N7O3/c1-12-4-14(9-28)7-16(5-12)31-23-30-11-18(15-8-17(22(35)36)21(37-3)29-10-15)20(32-23)34-13(2)6-19(33-34)24(25,26)27/h4-8,10-11H,1-3H3,(H,35,36)(H,30,31,32). The minimum absolute atomic E-state index is 0.0108. The molecule has 1 aromatic carbocycles. The van der Waals surface area contributed by atoms with Crippen LogP contribution in [0.2, 0.25) is 0 Å². The van der Waals surface area contributed by atoms with Gasteiger partial charge in [0.05, 0.1) is 18.7 Å². The number of carbonyl (C=O) groups is 1. The number of alkyl halides is 3. The van der Waals surface area contributed by atoms with Crippen LogP contribution in [0.4, 0.5) is 24.8 Å². The molecule has 0 spiro atoms. The number of aromatic carboxylic acids is 1. The summed E-state index contributed by atoms with van der Waals surface area (Å²) in [5, 5.41) is 25.4.